The van der Waals surface area contributed by atoms with Gasteiger partial charge in [-0.3, -0.25) is 19.9 Å². The van der Waals surface area contributed by atoms with Crippen molar-refractivity contribution in [1.82, 2.24) is 85.3 Å². The third-order valence-corrected chi connectivity index (χ3v) is 25.1. The number of aliphatic hydroxyl groups is 1. The summed E-state index contributed by atoms with van der Waals surface area (Å²) in [4.78, 5) is 50.3. The monoisotopic (exact) mass is 1460 g/mol. The Bertz CT molecular complexity index is 5450. The topological polar surface area (TPSA) is 383 Å². The van der Waals surface area contributed by atoms with Gasteiger partial charge in [-0.15, -0.1) is 0 Å². The lowest BCUT2D eigenvalue weighted by molar-refractivity contribution is 0.228. The second-order valence-corrected chi connectivity index (χ2v) is 30.1. The number of rotatable bonds is 14. The molecular weight excluding hydrogens is 1380 g/mol. The van der Waals surface area contributed by atoms with Crippen LogP contribution in [0.2, 0.25) is 10.0 Å². The molecule has 104 heavy (non-hydrogen) atoms. The lowest BCUT2D eigenvalue weighted by Crippen LogP contribution is -2.32. The van der Waals surface area contributed by atoms with Crippen molar-refractivity contribution in [1.29, 1.82) is 0 Å². The molecule has 9 unspecified atom stereocenters. The molecule has 13 aromatic rings. The van der Waals surface area contributed by atoms with Gasteiger partial charge in [-0.05, 0) is 116 Å². The highest BCUT2D eigenvalue weighted by Gasteiger charge is 2.69. The van der Waals surface area contributed by atoms with Gasteiger partial charge in [-0.25, -0.2) is 39.3 Å². The van der Waals surface area contributed by atoms with E-state index in [1.807, 2.05) is 81.1 Å². The van der Waals surface area contributed by atoms with E-state index in [9.17, 15) is 9.50 Å². The van der Waals surface area contributed by atoms with E-state index in [1.54, 1.807) is 35.4 Å². The first-order valence-corrected chi connectivity index (χ1v) is 36.6. The van der Waals surface area contributed by atoms with E-state index in [0.29, 0.717) is 92.8 Å². The van der Waals surface area contributed by atoms with E-state index in [-0.39, 0.29) is 34.5 Å². The van der Waals surface area contributed by atoms with Crippen molar-refractivity contribution in [2.75, 3.05) is 90.8 Å². The smallest absolute Gasteiger partial charge is 0.202 e. The highest BCUT2D eigenvalue weighted by atomic mass is 35.5. The highest BCUT2D eigenvalue weighted by Crippen LogP contribution is 2.65. The Labute approximate surface area is 608 Å². The number of aryl methyl sites for hydroxylation is 3. The fourth-order valence-corrected chi connectivity index (χ4v) is 19.3. The van der Waals surface area contributed by atoms with E-state index in [4.69, 9.17) is 80.1 Å². The number of aromatic amines is 3. The summed E-state index contributed by atoms with van der Waals surface area (Å²) in [5, 5.41) is 40.2. The predicted molar refractivity (Wildman–Crippen MR) is 393 cm³/mol. The summed E-state index contributed by atoms with van der Waals surface area (Å²) in [6.45, 7) is 9.32. The van der Waals surface area contributed by atoms with Crippen LogP contribution in [-0.2, 0) is 36.3 Å². The Morgan fingerprint density at radius 3 is 2.13 bits per heavy atom. The van der Waals surface area contributed by atoms with Gasteiger partial charge < -0.3 is 61.7 Å². The minimum atomic E-state index is -0.280. The minimum Gasteiger partial charge on any atom is -0.388 e. The Hall–Kier alpha value is -9.95. The van der Waals surface area contributed by atoms with Crippen LogP contribution in [0, 0.1) is 48.2 Å². The molecular formula is C72H74Cl2FN25O3S. The number of hydrogen-bond donors (Lipinski definition) is 8. The Morgan fingerprint density at radius 1 is 0.683 bits per heavy atom. The average molecular weight is 1460 g/mol. The number of H-pyrrole nitrogens is 3. The number of aliphatic hydroxyl groups excluding tert-OH is 1. The number of nitrogens with two attached hydrogens (primary N) is 4. The number of hydrogen-bond acceptors (Lipinski definition) is 25. The summed E-state index contributed by atoms with van der Waals surface area (Å²) in [5.74, 6) is 7.36. The third-order valence-electron chi connectivity index (χ3n) is 23.3. The molecule has 0 bridgehead atoms. The van der Waals surface area contributed by atoms with Crippen molar-refractivity contribution in [2.45, 2.75) is 71.8 Å². The van der Waals surface area contributed by atoms with Crippen molar-refractivity contribution >= 4 is 114 Å². The van der Waals surface area contributed by atoms with Gasteiger partial charge in [0.2, 0.25) is 5.65 Å². The van der Waals surface area contributed by atoms with E-state index in [1.165, 1.54) is 17.8 Å². The third kappa shape index (κ3) is 10.8. The van der Waals surface area contributed by atoms with Crippen LogP contribution in [0.3, 0.4) is 0 Å². The average Bonchev–Trinajstić information content (AvgIpc) is 1.54. The van der Waals surface area contributed by atoms with Gasteiger partial charge >= 0.3 is 0 Å². The van der Waals surface area contributed by atoms with Crippen LogP contribution in [-0.4, -0.2) is 156 Å². The van der Waals surface area contributed by atoms with Gasteiger partial charge in [0.1, 0.15) is 57.5 Å². The van der Waals surface area contributed by atoms with Crippen LogP contribution in [0.5, 0.6) is 0 Å². The molecule has 12 N–H and O–H groups in total. The van der Waals surface area contributed by atoms with Crippen LogP contribution in [0.25, 0.3) is 55.7 Å². The predicted octanol–water partition coefficient (Wildman–Crippen LogP) is 9.11. The second-order valence-electron chi connectivity index (χ2n) is 28.3. The maximum Gasteiger partial charge on any atom is 0.202 e. The van der Waals surface area contributed by atoms with E-state index >= 15 is 0 Å². The second kappa shape index (κ2) is 25.7. The first-order chi connectivity index (χ1) is 50.7. The Balaban J connectivity index is 0.000000111. The summed E-state index contributed by atoms with van der Waals surface area (Å²) in [7, 11) is 1.87. The largest absolute Gasteiger partial charge is 0.388 e. The normalized spacial score (nSPS) is 24.4. The first kappa shape index (κ1) is 66.0. The molecule has 15 heterocycles. The zero-order valence-corrected chi connectivity index (χ0v) is 59.2. The molecule has 9 atom stereocenters. The summed E-state index contributed by atoms with van der Waals surface area (Å²) >= 11 is 14.4. The molecule has 0 radical (unpaired) electrons. The summed E-state index contributed by atoms with van der Waals surface area (Å²) in [5.41, 5.74) is 35.4. The molecule has 3 aliphatic carbocycles. The minimum absolute atomic E-state index is 0.0825. The first-order valence-electron chi connectivity index (χ1n) is 35.0. The van der Waals surface area contributed by atoms with Gasteiger partial charge in [0, 0.05) is 141 Å². The number of fused-ring (bicyclic) bond motifs is 8. The molecule has 32 heteroatoms. The maximum absolute atomic E-state index is 14.6. The van der Waals surface area contributed by atoms with E-state index in [0.717, 1.165) is 179 Å². The molecule has 11 aromatic heterocycles. The van der Waals surface area contributed by atoms with E-state index in [2.05, 4.69) is 81.4 Å². The van der Waals surface area contributed by atoms with Gasteiger partial charge in [0.15, 0.2) is 28.4 Å². The van der Waals surface area contributed by atoms with Crippen molar-refractivity contribution < 1.29 is 18.5 Å². The Kier molecular flexibility index (Phi) is 16.3. The summed E-state index contributed by atoms with van der Waals surface area (Å²) in [6, 6.07) is 22.7. The van der Waals surface area contributed by atoms with Crippen LogP contribution in [0.4, 0.5) is 39.2 Å². The van der Waals surface area contributed by atoms with Crippen molar-refractivity contribution in [3.8, 4) is 11.3 Å². The molecule has 20 rings (SSSR count). The quantitative estimate of drug-likeness (QED) is 0.0503. The number of halogens is 3. The van der Waals surface area contributed by atoms with Gasteiger partial charge in [-0.2, -0.15) is 15.3 Å². The number of nitrogens with zero attached hydrogens (tertiary/aromatic N) is 18. The zero-order valence-electron chi connectivity index (χ0n) is 56.8. The highest BCUT2D eigenvalue weighted by molar-refractivity contribution is 7.99. The molecule has 0 spiro atoms. The van der Waals surface area contributed by atoms with Gasteiger partial charge in [-0.1, -0.05) is 63.5 Å². The molecule has 3 saturated carbocycles. The number of piperidine rings is 3. The van der Waals surface area contributed by atoms with Gasteiger partial charge in [0.05, 0.1) is 62.6 Å². The fraction of sp³-hybridized carbons (Fsp3) is 0.375. The van der Waals surface area contributed by atoms with E-state index < -0.39 is 0 Å². The molecule has 7 aliphatic rings. The molecule has 2 aromatic carbocycles. The maximum atomic E-state index is 14.6. The summed E-state index contributed by atoms with van der Waals surface area (Å²) < 4.78 is 27.0. The van der Waals surface area contributed by atoms with Crippen LogP contribution in [0.15, 0.2) is 129 Å². The number of nitrogen functional groups attached to an aromatic ring is 1. The number of nitrogens with one attached hydrogen (secondary N) is 3. The lowest BCUT2D eigenvalue weighted by atomic mass is 9.91. The molecule has 0 amide bonds. The number of benzene rings is 2. The van der Waals surface area contributed by atoms with Crippen molar-refractivity contribution in [2.24, 2.45) is 59.8 Å². The summed E-state index contributed by atoms with van der Waals surface area (Å²) in [6.07, 6.45) is 15.8. The SMILES string of the molecule is Cc1cc(C2(CN)C3CCN(c4cnc5c(N6CCCc7ncccc76)n[nH]c5n4)CC32)no1.Cn1cc2c(Cl)c(-c3[nH]nc4nc(N5CCC6C(C5)C6(CN)c5cc(CO)on5)cnc34)ccc2n1.NCC1(c2ccccc2F)C2CCN(c3cc4nc(Sc5ccnc(N)c5Cl)cnc4[nH]3)CC21. The Morgan fingerprint density at radius 2 is 1.39 bits per heavy atom. The van der Waals surface area contributed by atoms with Gasteiger partial charge in [0.25, 0.3) is 0 Å². The van der Waals surface area contributed by atoms with Crippen LogP contribution >= 0.6 is 35.0 Å². The number of aromatic nitrogens is 17. The fourth-order valence-electron chi connectivity index (χ4n) is 17.9. The molecule has 532 valence electrons. The van der Waals surface area contributed by atoms with Crippen molar-refractivity contribution in [3.63, 3.8) is 0 Å². The molecule has 4 aliphatic heterocycles. The lowest BCUT2D eigenvalue weighted by Gasteiger charge is -2.28. The number of pyridine rings is 2. The molecule has 28 nitrogen and oxygen atoms in total. The van der Waals surface area contributed by atoms with Crippen molar-refractivity contribution in [3.05, 3.63) is 160 Å². The molecule has 3 saturated heterocycles. The van der Waals surface area contributed by atoms with Crippen LogP contribution in [0.1, 0.15) is 59.8 Å². The van der Waals surface area contributed by atoms with Crippen LogP contribution < -0.4 is 42.5 Å². The standard InChI is InChI=1S/C24H23ClFN7S.C24H24ClN9O2.C24H27N9O/c25-21-18(5-7-29-22(21)28)34-20-10-30-23-17(31-20)9-19(32-23)33-8-6-13-15(11-33)24(13,12-27)14-3-1-2-4-16(14)26;1-33-8-14-17(31-33)3-2-13(20(14)25)21-22-23(30-29-21)28-19(7-27-22)34-5-4-15-16(9-34)24(15,11-26)18-6-12(10-35)36-32-18;1-14-10-19(31-34-14)24(13-25)15-6-9-32(12-16(15)24)20-11-27-21-22(28-20)29-30-23(21)33-8-3-4-17-18(33)5-2-7-26-17/h1-5,7,9-10,13,15H,6,8,11-12,27H2,(H2,28,29)(H,30,32);2-3,6-8,15-16,35H,4-5,9-11,26H2,1H3,(H,28,29,30);2,5,7,10-11,15-16H,3-4,6,8-9,12-13,25H2,1H3,(H,28,29,30). The number of anilines is 6. The zero-order chi connectivity index (χ0) is 70.9. The molecule has 6 fully saturated rings.